The minimum atomic E-state index is -0.392. The first kappa shape index (κ1) is 13.3. The Kier molecular flexibility index (Phi) is 4.53. The second-order valence-electron chi connectivity index (χ2n) is 4.82. The van der Waals surface area contributed by atoms with E-state index >= 15 is 0 Å². The molecule has 1 aromatic rings. The van der Waals surface area contributed by atoms with E-state index in [9.17, 15) is 4.39 Å². The molecule has 0 bridgehead atoms. The zero-order valence-corrected chi connectivity index (χ0v) is 11.1. The average Bonchev–Trinajstić information content (AvgIpc) is 2.38. The Morgan fingerprint density at radius 3 is 2.67 bits per heavy atom. The number of hydrogen-bond acceptors (Lipinski definition) is 2. The molecule has 1 saturated carbocycles. The van der Waals surface area contributed by atoms with Crippen LogP contribution in [0.5, 0.6) is 5.75 Å². The lowest BCUT2D eigenvalue weighted by molar-refractivity contribution is 0.202. The maximum absolute atomic E-state index is 13.7. The number of benzene rings is 1. The molecule has 0 aliphatic heterocycles. The van der Waals surface area contributed by atoms with Crippen molar-refractivity contribution in [2.45, 2.75) is 32.1 Å². The lowest BCUT2D eigenvalue weighted by atomic mass is 9.90. The molecule has 4 heteroatoms. The predicted octanol–water partition coefficient (Wildman–Crippen LogP) is 3.42. The molecular formula is C14H18FNOS. The molecule has 2 rings (SSSR count). The van der Waals surface area contributed by atoms with Crippen LogP contribution in [0.25, 0.3) is 0 Å². The van der Waals surface area contributed by atoms with Crippen LogP contribution in [-0.2, 0) is 0 Å². The van der Waals surface area contributed by atoms with Gasteiger partial charge < -0.3 is 10.5 Å². The van der Waals surface area contributed by atoms with Crippen LogP contribution in [0.15, 0.2) is 18.2 Å². The fraction of sp³-hybridized carbons (Fsp3) is 0.500. The van der Waals surface area contributed by atoms with Crippen LogP contribution in [0.2, 0.25) is 0 Å². The summed E-state index contributed by atoms with van der Waals surface area (Å²) in [6.45, 7) is 0.601. The first-order valence-corrected chi connectivity index (χ1v) is 6.80. The fourth-order valence-corrected chi connectivity index (χ4v) is 2.46. The van der Waals surface area contributed by atoms with E-state index in [1.807, 2.05) is 0 Å². The second-order valence-corrected chi connectivity index (χ2v) is 5.26. The van der Waals surface area contributed by atoms with Gasteiger partial charge in [-0.25, -0.2) is 4.39 Å². The molecule has 2 N–H and O–H groups in total. The fourth-order valence-electron chi connectivity index (χ4n) is 2.33. The van der Waals surface area contributed by atoms with Gasteiger partial charge in [0.25, 0.3) is 0 Å². The van der Waals surface area contributed by atoms with Gasteiger partial charge in [-0.3, -0.25) is 0 Å². The van der Waals surface area contributed by atoms with Crippen LogP contribution in [0.4, 0.5) is 4.39 Å². The van der Waals surface area contributed by atoms with E-state index in [1.165, 1.54) is 38.2 Å². The highest BCUT2D eigenvalue weighted by Crippen LogP contribution is 2.25. The smallest absolute Gasteiger partial charge is 0.165 e. The SMILES string of the molecule is NC(=S)c1ccc(OCC2CCCCC2)c(F)c1. The Hall–Kier alpha value is -1.16. The molecule has 0 atom stereocenters. The van der Waals surface area contributed by atoms with Crippen LogP contribution in [0, 0.1) is 11.7 Å². The van der Waals surface area contributed by atoms with Crippen molar-refractivity contribution in [1.82, 2.24) is 0 Å². The van der Waals surface area contributed by atoms with E-state index < -0.39 is 5.82 Å². The molecule has 0 amide bonds. The molecule has 1 aliphatic carbocycles. The van der Waals surface area contributed by atoms with Gasteiger partial charge in [-0.1, -0.05) is 31.5 Å². The Labute approximate surface area is 112 Å². The number of halogens is 1. The number of rotatable bonds is 4. The van der Waals surface area contributed by atoms with E-state index in [2.05, 4.69) is 0 Å². The summed E-state index contributed by atoms with van der Waals surface area (Å²) in [7, 11) is 0. The van der Waals surface area contributed by atoms with Gasteiger partial charge in [0.05, 0.1) is 6.61 Å². The Morgan fingerprint density at radius 1 is 1.33 bits per heavy atom. The van der Waals surface area contributed by atoms with Crippen LogP contribution < -0.4 is 10.5 Å². The van der Waals surface area contributed by atoms with Crippen LogP contribution in [0.1, 0.15) is 37.7 Å². The molecule has 0 aromatic heterocycles. The van der Waals surface area contributed by atoms with Crippen molar-refractivity contribution in [2.75, 3.05) is 6.61 Å². The summed E-state index contributed by atoms with van der Waals surface area (Å²) in [6.07, 6.45) is 6.21. The Morgan fingerprint density at radius 2 is 2.06 bits per heavy atom. The number of thiocarbonyl (C=S) groups is 1. The van der Waals surface area contributed by atoms with Gasteiger partial charge in [-0.05, 0) is 37.0 Å². The third-order valence-corrected chi connectivity index (χ3v) is 3.65. The Balaban J connectivity index is 1.94. The minimum absolute atomic E-state index is 0.202. The molecule has 1 aliphatic rings. The normalized spacial score (nSPS) is 16.5. The second kappa shape index (κ2) is 6.14. The summed E-state index contributed by atoms with van der Waals surface area (Å²) in [5.74, 6) is 0.463. The first-order chi connectivity index (χ1) is 8.66. The number of hydrogen-bond donors (Lipinski definition) is 1. The van der Waals surface area contributed by atoms with Crippen molar-refractivity contribution >= 4 is 17.2 Å². The average molecular weight is 267 g/mol. The lowest BCUT2D eigenvalue weighted by Crippen LogP contribution is -2.16. The summed E-state index contributed by atoms with van der Waals surface area (Å²) in [5, 5.41) is 0. The van der Waals surface area contributed by atoms with Gasteiger partial charge in [-0.15, -0.1) is 0 Å². The molecule has 1 aromatic carbocycles. The van der Waals surface area contributed by atoms with E-state index in [4.69, 9.17) is 22.7 Å². The highest BCUT2D eigenvalue weighted by molar-refractivity contribution is 7.80. The zero-order chi connectivity index (χ0) is 13.0. The highest BCUT2D eigenvalue weighted by atomic mass is 32.1. The maximum Gasteiger partial charge on any atom is 0.165 e. The van der Waals surface area contributed by atoms with Crippen LogP contribution in [0.3, 0.4) is 0 Å². The lowest BCUT2D eigenvalue weighted by Gasteiger charge is -2.21. The highest BCUT2D eigenvalue weighted by Gasteiger charge is 2.15. The zero-order valence-electron chi connectivity index (χ0n) is 10.3. The molecule has 0 saturated heterocycles. The topological polar surface area (TPSA) is 35.2 Å². The quantitative estimate of drug-likeness (QED) is 0.849. The van der Waals surface area contributed by atoms with Crippen molar-refractivity contribution < 1.29 is 9.13 Å². The van der Waals surface area contributed by atoms with Crippen LogP contribution in [-0.4, -0.2) is 11.6 Å². The number of ether oxygens (including phenoxy) is 1. The summed E-state index contributed by atoms with van der Waals surface area (Å²) >= 11 is 4.80. The summed E-state index contributed by atoms with van der Waals surface area (Å²) in [5.41, 5.74) is 5.98. The van der Waals surface area contributed by atoms with E-state index in [-0.39, 0.29) is 4.99 Å². The van der Waals surface area contributed by atoms with Crippen molar-refractivity contribution in [1.29, 1.82) is 0 Å². The monoisotopic (exact) mass is 267 g/mol. The maximum atomic E-state index is 13.7. The van der Waals surface area contributed by atoms with Crippen molar-refractivity contribution in [2.24, 2.45) is 11.7 Å². The standard InChI is InChI=1S/C14H18FNOS/c15-12-8-11(14(16)18)6-7-13(12)17-9-10-4-2-1-3-5-10/h6-8,10H,1-5,9H2,(H2,16,18). The number of nitrogens with two attached hydrogens (primary N) is 1. The molecule has 1 fully saturated rings. The van der Waals surface area contributed by atoms with Gasteiger partial charge >= 0.3 is 0 Å². The van der Waals surface area contributed by atoms with Gasteiger partial charge in [0, 0.05) is 5.56 Å². The molecule has 2 nitrogen and oxygen atoms in total. The van der Waals surface area contributed by atoms with Crippen molar-refractivity contribution in [3.8, 4) is 5.75 Å². The Bertz CT molecular complexity index is 430. The first-order valence-electron chi connectivity index (χ1n) is 6.39. The van der Waals surface area contributed by atoms with Gasteiger partial charge in [0.1, 0.15) is 4.99 Å². The predicted molar refractivity (Wildman–Crippen MR) is 74.4 cm³/mol. The minimum Gasteiger partial charge on any atom is -0.490 e. The molecule has 0 heterocycles. The largest absolute Gasteiger partial charge is 0.490 e. The summed E-state index contributed by atoms with van der Waals surface area (Å²) in [4.78, 5) is 0.202. The van der Waals surface area contributed by atoms with Gasteiger partial charge in [0.15, 0.2) is 11.6 Å². The third-order valence-electron chi connectivity index (χ3n) is 3.42. The van der Waals surface area contributed by atoms with E-state index in [1.54, 1.807) is 12.1 Å². The molecule has 98 valence electrons. The van der Waals surface area contributed by atoms with Crippen LogP contribution >= 0.6 is 12.2 Å². The van der Waals surface area contributed by atoms with Crippen molar-refractivity contribution in [3.63, 3.8) is 0 Å². The van der Waals surface area contributed by atoms with Crippen molar-refractivity contribution in [3.05, 3.63) is 29.6 Å². The molecule has 0 unspecified atom stereocenters. The molecule has 0 radical (unpaired) electrons. The van der Waals surface area contributed by atoms with E-state index in [0.717, 1.165) is 0 Å². The summed E-state index contributed by atoms with van der Waals surface area (Å²) < 4.78 is 19.3. The third kappa shape index (κ3) is 3.42. The van der Waals surface area contributed by atoms with Gasteiger partial charge in [0.2, 0.25) is 0 Å². The molecule has 0 spiro atoms. The summed E-state index contributed by atoms with van der Waals surface area (Å²) in [6, 6.07) is 4.63. The van der Waals surface area contributed by atoms with Gasteiger partial charge in [-0.2, -0.15) is 0 Å². The molecule has 18 heavy (non-hydrogen) atoms. The molecular weight excluding hydrogens is 249 g/mol. The van der Waals surface area contributed by atoms with E-state index in [0.29, 0.717) is 23.8 Å².